The molecule has 2 N–H and O–H groups in total. The maximum Gasteiger partial charge on any atom is 0.143 e. The Bertz CT molecular complexity index is 1260. The van der Waals surface area contributed by atoms with Gasteiger partial charge in [-0.25, -0.2) is 0 Å². The van der Waals surface area contributed by atoms with Gasteiger partial charge in [0.2, 0.25) is 0 Å². The van der Waals surface area contributed by atoms with E-state index < -0.39 is 0 Å². The molecule has 0 unspecified atom stereocenters. The molecular weight excluding hydrogens is 312 g/mol. The summed E-state index contributed by atoms with van der Waals surface area (Å²) in [5.74, 6) is 0.383. The molecule has 25 heavy (non-hydrogen) atoms. The van der Waals surface area contributed by atoms with Crippen LogP contribution in [0.2, 0.25) is 0 Å². The Morgan fingerprint density at radius 2 is 1.24 bits per heavy atom. The second-order valence-electron chi connectivity index (χ2n) is 6.12. The lowest BCUT2D eigenvalue weighted by Gasteiger charge is -2.09. The zero-order valence-electron chi connectivity index (χ0n) is 13.2. The van der Waals surface area contributed by atoms with E-state index in [0.29, 0.717) is 11.1 Å². The number of rotatable bonds is 1. The normalized spacial score (nSPS) is 11.5. The first kappa shape index (κ1) is 13.9. The molecule has 0 aliphatic heterocycles. The Labute approximate surface area is 143 Å². The lowest BCUT2D eigenvalue weighted by atomic mass is 9.94. The van der Waals surface area contributed by atoms with Gasteiger partial charge in [0.15, 0.2) is 0 Å². The van der Waals surface area contributed by atoms with Gasteiger partial charge in [-0.1, -0.05) is 54.6 Å². The summed E-state index contributed by atoms with van der Waals surface area (Å²) >= 11 is 0. The number of hydrogen-bond acceptors (Lipinski definition) is 3. The minimum Gasteiger partial charge on any atom is -0.507 e. The fourth-order valence-corrected chi connectivity index (χ4v) is 3.65. The van der Waals surface area contributed by atoms with Gasteiger partial charge in [0.05, 0.1) is 6.26 Å². The average molecular weight is 326 g/mol. The lowest BCUT2D eigenvalue weighted by Crippen LogP contribution is -1.83. The smallest absolute Gasteiger partial charge is 0.143 e. The highest BCUT2D eigenvalue weighted by Crippen LogP contribution is 2.45. The first-order valence-corrected chi connectivity index (χ1v) is 8.07. The first-order valence-electron chi connectivity index (χ1n) is 8.07. The Morgan fingerprint density at radius 3 is 2.08 bits per heavy atom. The quantitative estimate of drug-likeness (QED) is 0.382. The second-order valence-corrected chi connectivity index (χ2v) is 6.12. The van der Waals surface area contributed by atoms with Gasteiger partial charge in [-0.2, -0.15) is 0 Å². The van der Waals surface area contributed by atoms with Crippen molar-refractivity contribution in [2.24, 2.45) is 0 Å². The van der Waals surface area contributed by atoms with E-state index in [1.54, 1.807) is 24.5 Å². The molecule has 0 fully saturated rings. The number of phenolic OH excluding ortho intramolecular Hbond substituents is 2. The standard InChI is InChI=1S/C22H14O3/c23-18-10-4-3-7-14(18)17-12-25-22-16-8-2-1-6-13(16)15-9-5-11-19(24)20(15)21(17)22/h1-12,23-24H. The number of furan rings is 1. The van der Waals surface area contributed by atoms with Crippen molar-refractivity contribution in [3.05, 3.63) is 73.0 Å². The molecule has 0 saturated carbocycles. The topological polar surface area (TPSA) is 53.6 Å². The van der Waals surface area contributed by atoms with Crippen molar-refractivity contribution < 1.29 is 14.6 Å². The summed E-state index contributed by atoms with van der Waals surface area (Å²) in [7, 11) is 0. The molecule has 0 aliphatic carbocycles. The van der Waals surface area contributed by atoms with Crippen LogP contribution in [0.4, 0.5) is 0 Å². The summed E-state index contributed by atoms with van der Waals surface area (Å²) in [5, 5.41) is 25.4. The SMILES string of the molecule is Oc1ccccc1-c1coc2c3ccccc3c3cccc(O)c3c12. The van der Waals surface area contributed by atoms with Gasteiger partial charge in [0.1, 0.15) is 17.1 Å². The largest absolute Gasteiger partial charge is 0.507 e. The van der Waals surface area contributed by atoms with E-state index >= 15 is 0 Å². The molecule has 3 nitrogen and oxygen atoms in total. The maximum absolute atomic E-state index is 10.6. The summed E-state index contributed by atoms with van der Waals surface area (Å²) in [4.78, 5) is 0. The number of para-hydroxylation sites is 1. The fourth-order valence-electron chi connectivity index (χ4n) is 3.65. The van der Waals surface area contributed by atoms with Crippen LogP contribution < -0.4 is 0 Å². The number of phenols is 2. The summed E-state index contributed by atoms with van der Waals surface area (Å²) in [6.07, 6.45) is 1.65. The Balaban J connectivity index is 2.08. The highest BCUT2D eigenvalue weighted by Gasteiger charge is 2.19. The van der Waals surface area contributed by atoms with Crippen molar-refractivity contribution in [1.29, 1.82) is 0 Å². The van der Waals surface area contributed by atoms with Crippen molar-refractivity contribution in [2.45, 2.75) is 0 Å². The van der Waals surface area contributed by atoms with E-state index in [0.717, 1.165) is 32.5 Å². The predicted molar refractivity (Wildman–Crippen MR) is 100.0 cm³/mol. The summed E-state index contributed by atoms with van der Waals surface area (Å²) < 4.78 is 5.91. The van der Waals surface area contributed by atoms with Crippen LogP contribution in [0.15, 0.2) is 77.4 Å². The van der Waals surface area contributed by atoms with Crippen LogP contribution in [0.3, 0.4) is 0 Å². The van der Waals surface area contributed by atoms with E-state index in [2.05, 4.69) is 0 Å². The van der Waals surface area contributed by atoms with Gasteiger partial charge in [-0.05, 0) is 22.9 Å². The Kier molecular flexibility index (Phi) is 2.80. The van der Waals surface area contributed by atoms with E-state index in [1.807, 2.05) is 48.5 Å². The van der Waals surface area contributed by atoms with Crippen LogP contribution in [0.5, 0.6) is 11.5 Å². The molecule has 0 spiro atoms. The third-order valence-corrected chi connectivity index (χ3v) is 4.74. The fraction of sp³-hybridized carbons (Fsp3) is 0. The van der Waals surface area contributed by atoms with Crippen molar-refractivity contribution in [2.75, 3.05) is 0 Å². The van der Waals surface area contributed by atoms with Crippen LogP contribution in [0.25, 0.3) is 43.6 Å². The zero-order valence-corrected chi connectivity index (χ0v) is 13.2. The second kappa shape index (κ2) is 5.02. The van der Waals surface area contributed by atoms with Crippen molar-refractivity contribution in [3.8, 4) is 22.6 Å². The molecule has 0 saturated heterocycles. The zero-order chi connectivity index (χ0) is 17.0. The third-order valence-electron chi connectivity index (χ3n) is 4.74. The first-order chi connectivity index (χ1) is 12.3. The summed E-state index contributed by atoms with van der Waals surface area (Å²) in [6.45, 7) is 0. The predicted octanol–water partition coefficient (Wildman–Crippen LogP) is 5.82. The molecule has 0 aliphatic rings. The molecule has 120 valence electrons. The molecular formula is C22H14O3. The molecule has 0 atom stereocenters. The number of aromatic hydroxyl groups is 2. The summed E-state index contributed by atoms with van der Waals surface area (Å²) in [5.41, 5.74) is 2.16. The van der Waals surface area contributed by atoms with Gasteiger partial charge in [0.25, 0.3) is 0 Å². The van der Waals surface area contributed by atoms with E-state index in [-0.39, 0.29) is 11.5 Å². The molecule has 1 aromatic heterocycles. The van der Waals surface area contributed by atoms with Crippen LogP contribution in [0, 0.1) is 0 Å². The van der Waals surface area contributed by atoms with Gasteiger partial charge in [0, 0.05) is 27.3 Å². The van der Waals surface area contributed by atoms with Crippen molar-refractivity contribution >= 4 is 32.5 Å². The Morgan fingerprint density at radius 1 is 0.560 bits per heavy atom. The minimum atomic E-state index is 0.182. The summed E-state index contributed by atoms with van der Waals surface area (Å²) in [6, 6.07) is 20.7. The van der Waals surface area contributed by atoms with Gasteiger partial charge >= 0.3 is 0 Å². The molecule has 0 amide bonds. The molecule has 5 rings (SSSR count). The molecule has 0 bridgehead atoms. The van der Waals surface area contributed by atoms with Crippen molar-refractivity contribution in [3.63, 3.8) is 0 Å². The Hall–Kier alpha value is -3.46. The van der Waals surface area contributed by atoms with Crippen LogP contribution in [-0.2, 0) is 0 Å². The van der Waals surface area contributed by atoms with Gasteiger partial charge in [-0.15, -0.1) is 0 Å². The molecule has 0 radical (unpaired) electrons. The average Bonchev–Trinajstić information content (AvgIpc) is 3.07. The number of hydrogen-bond donors (Lipinski definition) is 2. The van der Waals surface area contributed by atoms with E-state index in [9.17, 15) is 10.2 Å². The number of benzene rings is 4. The van der Waals surface area contributed by atoms with E-state index in [4.69, 9.17) is 4.42 Å². The monoisotopic (exact) mass is 326 g/mol. The third kappa shape index (κ3) is 1.86. The lowest BCUT2D eigenvalue weighted by molar-refractivity contribution is 0.477. The van der Waals surface area contributed by atoms with E-state index in [1.165, 1.54) is 0 Å². The minimum absolute atomic E-state index is 0.182. The molecule has 5 aromatic rings. The van der Waals surface area contributed by atoms with Crippen molar-refractivity contribution in [1.82, 2.24) is 0 Å². The highest BCUT2D eigenvalue weighted by molar-refractivity contribution is 6.28. The molecule has 4 aromatic carbocycles. The van der Waals surface area contributed by atoms with Crippen LogP contribution in [-0.4, -0.2) is 10.2 Å². The molecule has 1 heterocycles. The van der Waals surface area contributed by atoms with Crippen LogP contribution in [0.1, 0.15) is 0 Å². The van der Waals surface area contributed by atoms with Crippen LogP contribution >= 0.6 is 0 Å². The molecule has 3 heteroatoms. The highest BCUT2D eigenvalue weighted by atomic mass is 16.3. The maximum atomic E-state index is 10.6. The van der Waals surface area contributed by atoms with Gasteiger partial charge in [-0.3, -0.25) is 0 Å². The van der Waals surface area contributed by atoms with Gasteiger partial charge < -0.3 is 14.6 Å². The number of fused-ring (bicyclic) bond motifs is 6.